The summed E-state index contributed by atoms with van der Waals surface area (Å²) in [5, 5.41) is 9.66. The van der Waals surface area contributed by atoms with Crippen molar-refractivity contribution >= 4 is 11.6 Å². The van der Waals surface area contributed by atoms with Crippen molar-refractivity contribution < 1.29 is 5.11 Å². The Morgan fingerprint density at radius 1 is 1.58 bits per heavy atom. The molecule has 1 atom stereocenters. The van der Waals surface area contributed by atoms with Crippen LogP contribution in [0.15, 0.2) is 23.5 Å². The molecule has 0 spiro atoms. The molecule has 12 heavy (non-hydrogen) atoms. The zero-order valence-electron chi connectivity index (χ0n) is 7.76. The van der Waals surface area contributed by atoms with Crippen molar-refractivity contribution in [2.75, 3.05) is 0 Å². The van der Waals surface area contributed by atoms with Gasteiger partial charge in [-0.05, 0) is 25.3 Å². The highest BCUT2D eigenvalue weighted by Gasteiger charge is 2.36. The molecule has 0 aliphatic heterocycles. The average molecular weight is 187 g/mol. The van der Waals surface area contributed by atoms with Crippen LogP contribution in [0.4, 0.5) is 0 Å². The Labute approximate surface area is 78.7 Å². The highest BCUT2D eigenvalue weighted by atomic mass is 35.5. The SMILES string of the molecule is CC1=CCC(Cl)(C(C)C)C(O)=C1. The topological polar surface area (TPSA) is 20.2 Å². The second-order valence-electron chi connectivity index (χ2n) is 3.70. The van der Waals surface area contributed by atoms with Gasteiger partial charge in [0.1, 0.15) is 10.6 Å². The summed E-state index contributed by atoms with van der Waals surface area (Å²) in [6.45, 7) is 6.00. The number of alkyl halides is 1. The molecule has 68 valence electrons. The molecule has 0 heterocycles. The van der Waals surface area contributed by atoms with E-state index in [0.717, 1.165) is 12.0 Å². The van der Waals surface area contributed by atoms with Crippen molar-refractivity contribution in [2.45, 2.75) is 32.1 Å². The van der Waals surface area contributed by atoms with E-state index in [-0.39, 0.29) is 5.92 Å². The maximum absolute atomic E-state index is 9.66. The minimum Gasteiger partial charge on any atom is -0.510 e. The molecular formula is C10H15ClO. The highest BCUT2D eigenvalue weighted by molar-refractivity contribution is 6.26. The van der Waals surface area contributed by atoms with Gasteiger partial charge in [0.05, 0.1) is 0 Å². The van der Waals surface area contributed by atoms with Crippen LogP contribution in [-0.4, -0.2) is 9.98 Å². The summed E-state index contributed by atoms with van der Waals surface area (Å²) in [5.41, 5.74) is 1.09. The molecule has 0 fully saturated rings. The van der Waals surface area contributed by atoms with Gasteiger partial charge in [0.25, 0.3) is 0 Å². The minimum absolute atomic E-state index is 0.250. The molecule has 1 aliphatic carbocycles. The van der Waals surface area contributed by atoms with Gasteiger partial charge in [0.2, 0.25) is 0 Å². The van der Waals surface area contributed by atoms with E-state index in [4.69, 9.17) is 11.6 Å². The molecular weight excluding hydrogens is 172 g/mol. The zero-order valence-corrected chi connectivity index (χ0v) is 8.52. The van der Waals surface area contributed by atoms with Crippen LogP contribution >= 0.6 is 11.6 Å². The first-order valence-electron chi connectivity index (χ1n) is 4.23. The first-order valence-corrected chi connectivity index (χ1v) is 4.61. The van der Waals surface area contributed by atoms with Crippen molar-refractivity contribution in [3.63, 3.8) is 0 Å². The third-order valence-corrected chi connectivity index (χ3v) is 3.21. The van der Waals surface area contributed by atoms with Gasteiger partial charge >= 0.3 is 0 Å². The van der Waals surface area contributed by atoms with Crippen LogP contribution in [0.1, 0.15) is 27.2 Å². The Balaban J connectivity index is 2.93. The van der Waals surface area contributed by atoms with E-state index in [1.807, 2.05) is 20.8 Å². The molecule has 1 rings (SSSR count). The van der Waals surface area contributed by atoms with E-state index in [1.165, 1.54) is 0 Å². The van der Waals surface area contributed by atoms with Crippen LogP contribution < -0.4 is 0 Å². The molecule has 1 nitrogen and oxygen atoms in total. The van der Waals surface area contributed by atoms with E-state index < -0.39 is 4.87 Å². The van der Waals surface area contributed by atoms with E-state index >= 15 is 0 Å². The van der Waals surface area contributed by atoms with Gasteiger partial charge in [-0.1, -0.05) is 25.5 Å². The molecule has 0 saturated heterocycles. The van der Waals surface area contributed by atoms with Gasteiger partial charge in [0.15, 0.2) is 0 Å². The van der Waals surface area contributed by atoms with E-state index in [0.29, 0.717) is 5.76 Å². The van der Waals surface area contributed by atoms with Crippen LogP contribution in [-0.2, 0) is 0 Å². The van der Waals surface area contributed by atoms with Crippen molar-refractivity contribution in [1.29, 1.82) is 0 Å². The monoisotopic (exact) mass is 186 g/mol. The normalized spacial score (nSPS) is 30.1. The maximum atomic E-state index is 9.66. The van der Waals surface area contributed by atoms with Crippen molar-refractivity contribution in [3.05, 3.63) is 23.5 Å². The van der Waals surface area contributed by atoms with Crippen LogP contribution in [0, 0.1) is 5.92 Å². The Morgan fingerprint density at radius 2 is 2.17 bits per heavy atom. The first kappa shape index (κ1) is 9.66. The lowest BCUT2D eigenvalue weighted by molar-refractivity contribution is 0.300. The summed E-state index contributed by atoms with van der Waals surface area (Å²) in [7, 11) is 0. The van der Waals surface area contributed by atoms with Crippen LogP contribution in [0.5, 0.6) is 0 Å². The lowest BCUT2D eigenvalue weighted by atomic mass is 9.85. The Hall–Kier alpha value is -0.430. The molecule has 0 bridgehead atoms. The zero-order chi connectivity index (χ0) is 9.35. The quantitative estimate of drug-likeness (QED) is 0.623. The second-order valence-corrected chi connectivity index (χ2v) is 4.37. The third-order valence-electron chi connectivity index (χ3n) is 2.43. The molecule has 0 aromatic heterocycles. The highest BCUT2D eigenvalue weighted by Crippen LogP contribution is 2.39. The summed E-state index contributed by atoms with van der Waals surface area (Å²) < 4.78 is 0. The van der Waals surface area contributed by atoms with Gasteiger partial charge in [-0.25, -0.2) is 0 Å². The Morgan fingerprint density at radius 3 is 2.58 bits per heavy atom. The molecule has 2 heteroatoms. The molecule has 0 amide bonds. The van der Waals surface area contributed by atoms with Crippen LogP contribution in [0.3, 0.4) is 0 Å². The van der Waals surface area contributed by atoms with E-state index in [2.05, 4.69) is 6.08 Å². The number of allylic oxidation sites excluding steroid dienone is 4. The molecule has 1 aliphatic rings. The summed E-state index contributed by atoms with van der Waals surface area (Å²) in [4.78, 5) is -0.570. The van der Waals surface area contributed by atoms with Crippen LogP contribution in [0.2, 0.25) is 0 Å². The van der Waals surface area contributed by atoms with E-state index in [1.54, 1.807) is 6.08 Å². The summed E-state index contributed by atoms with van der Waals surface area (Å²) in [6, 6.07) is 0. The van der Waals surface area contributed by atoms with Crippen molar-refractivity contribution in [1.82, 2.24) is 0 Å². The van der Waals surface area contributed by atoms with Gasteiger partial charge < -0.3 is 5.11 Å². The number of hydrogen-bond acceptors (Lipinski definition) is 1. The molecule has 1 N–H and O–H groups in total. The molecule has 0 aromatic carbocycles. The van der Waals surface area contributed by atoms with Gasteiger partial charge in [0, 0.05) is 0 Å². The predicted molar refractivity (Wildman–Crippen MR) is 52.5 cm³/mol. The Bertz CT molecular complexity index is 240. The number of aliphatic hydroxyl groups excluding tert-OH is 1. The molecule has 0 saturated carbocycles. The van der Waals surface area contributed by atoms with Crippen LogP contribution in [0.25, 0.3) is 0 Å². The number of hydrogen-bond donors (Lipinski definition) is 1. The first-order chi connectivity index (χ1) is 5.47. The average Bonchev–Trinajstić information content (AvgIpc) is 1.97. The Kier molecular flexibility index (Phi) is 2.52. The minimum atomic E-state index is -0.570. The van der Waals surface area contributed by atoms with E-state index in [9.17, 15) is 5.11 Å². The lowest BCUT2D eigenvalue weighted by Gasteiger charge is -2.31. The summed E-state index contributed by atoms with van der Waals surface area (Å²) >= 11 is 6.26. The van der Waals surface area contributed by atoms with Gasteiger partial charge in [-0.3, -0.25) is 0 Å². The largest absolute Gasteiger partial charge is 0.510 e. The van der Waals surface area contributed by atoms with Crippen molar-refractivity contribution in [3.8, 4) is 0 Å². The maximum Gasteiger partial charge on any atom is 0.114 e. The van der Waals surface area contributed by atoms with Gasteiger partial charge in [-0.15, -0.1) is 11.6 Å². The third kappa shape index (κ3) is 1.51. The predicted octanol–water partition coefficient (Wildman–Crippen LogP) is 3.41. The molecule has 0 radical (unpaired) electrons. The fraction of sp³-hybridized carbons (Fsp3) is 0.600. The number of aliphatic hydroxyl groups is 1. The summed E-state index contributed by atoms with van der Waals surface area (Å²) in [6.07, 6.45) is 4.53. The fourth-order valence-electron chi connectivity index (χ4n) is 1.34. The number of rotatable bonds is 1. The smallest absolute Gasteiger partial charge is 0.114 e. The number of halogens is 1. The van der Waals surface area contributed by atoms with Gasteiger partial charge in [-0.2, -0.15) is 0 Å². The fourth-order valence-corrected chi connectivity index (χ4v) is 1.47. The standard InChI is InChI=1S/C10H15ClO/c1-7(2)10(11)5-4-8(3)6-9(10)12/h4,6-7,12H,5H2,1-3H3. The molecule has 1 unspecified atom stereocenters. The van der Waals surface area contributed by atoms with Crippen molar-refractivity contribution in [2.24, 2.45) is 5.92 Å². The lowest BCUT2D eigenvalue weighted by Crippen LogP contribution is -2.32. The summed E-state index contributed by atoms with van der Waals surface area (Å²) in [5.74, 6) is 0.555. The second kappa shape index (κ2) is 3.14. The molecule has 0 aromatic rings.